The molecular weight excluding hydrogens is 378 g/mol. The van der Waals surface area contributed by atoms with Crippen LogP contribution in [-0.2, 0) is 9.59 Å². The summed E-state index contributed by atoms with van der Waals surface area (Å²) in [6.07, 6.45) is 2.92. The maximum Gasteiger partial charge on any atom is 0.165 e. The first-order valence-electron chi connectivity index (χ1n) is 9.57. The fourth-order valence-electron chi connectivity index (χ4n) is 4.73. The zero-order valence-corrected chi connectivity index (χ0v) is 16.2. The fraction of sp³-hybridized carbons (Fsp3) is 0.391. The summed E-state index contributed by atoms with van der Waals surface area (Å²) in [5.41, 5.74) is 0.663. The highest BCUT2D eigenvalue weighted by Crippen LogP contribution is 2.68. The van der Waals surface area contributed by atoms with Crippen molar-refractivity contribution in [2.24, 2.45) is 17.3 Å². The number of ether oxygens (including phenoxy) is 2. The van der Waals surface area contributed by atoms with Crippen molar-refractivity contribution in [2.75, 3.05) is 14.2 Å². The predicted octanol–water partition coefficient (Wildman–Crippen LogP) is 4.27. The van der Waals surface area contributed by atoms with Gasteiger partial charge in [-0.3, -0.25) is 0 Å². The number of carbonyl (C=O) groups excluding carboxylic acids is 2. The minimum atomic E-state index is -0.826. The Morgan fingerprint density at radius 2 is 1.59 bits per heavy atom. The predicted molar refractivity (Wildman–Crippen MR) is 102 cm³/mol. The van der Waals surface area contributed by atoms with E-state index >= 15 is 0 Å². The lowest BCUT2D eigenvalue weighted by atomic mass is 9.82. The zero-order valence-electron chi connectivity index (χ0n) is 16.2. The SMILES string of the molecule is COc1ccc(C2CC2C(C=O)C2(C=O)CC2c2ccc(OC)c(F)c2)cc1F. The van der Waals surface area contributed by atoms with Gasteiger partial charge in [-0.2, -0.15) is 0 Å². The first-order chi connectivity index (χ1) is 14.0. The first kappa shape index (κ1) is 19.6. The molecule has 0 N–H and O–H groups in total. The van der Waals surface area contributed by atoms with Gasteiger partial charge in [-0.15, -0.1) is 0 Å². The third kappa shape index (κ3) is 3.20. The van der Waals surface area contributed by atoms with Crippen LogP contribution in [0.4, 0.5) is 8.78 Å². The van der Waals surface area contributed by atoms with E-state index in [4.69, 9.17) is 9.47 Å². The molecule has 2 aliphatic rings. The van der Waals surface area contributed by atoms with Gasteiger partial charge in [0, 0.05) is 11.3 Å². The monoisotopic (exact) mass is 400 g/mol. The van der Waals surface area contributed by atoms with E-state index < -0.39 is 23.0 Å². The Morgan fingerprint density at radius 1 is 1.00 bits per heavy atom. The van der Waals surface area contributed by atoms with E-state index in [-0.39, 0.29) is 29.3 Å². The van der Waals surface area contributed by atoms with E-state index in [9.17, 15) is 18.4 Å². The first-order valence-corrected chi connectivity index (χ1v) is 9.57. The maximum absolute atomic E-state index is 14.1. The molecule has 0 saturated heterocycles. The third-order valence-electron chi connectivity index (χ3n) is 6.52. The molecule has 0 radical (unpaired) electrons. The summed E-state index contributed by atoms with van der Waals surface area (Å²) in [7, 11) is 2.80. The topological polar surface area (TPSA) is 52.6 Å². The Balaban J connectivity index is 1.55. The largest absolute Gasteiger partial charge is 0.494 e. The van der Waals surface area contributed by atoms with Crippen LogP contribution in [0.1, 0.15) is 35.8 Å². The van der Waals surface area contributed by atoms with Crippen molar-refractivity contribution in [1.29, 1.82) is 0 Å². The fourth-order valence-corrected chi connectivity index (χ4v) is 4.73. The minimum Gasteiger partial charge on any atom is -0.494 e. The zero-order chi connectivity index (χ0) is 20.8. The van der Waals surface area contributed by atoms with Crippen LogP contribution in [0.15, 0.2) is 36.4 Å². The summed E-state index contributed by atoms with van der Waals surface area (Å²) in [5, 5.41) is 0. The lowest BCUT2D eigenvalue weighted by Crippen LogP contribution is -2.24. The van der Waals surface area contributed by atoms with Crippen LogP contribution in [0.2, 0.25) is 0 Å². The normalized spacial score (nSPS) is 28.3. The Hall–Kier alpha value is -2.76. The van der Waals surface area contributed by atoms with Crippen LogP contribution in [0.25, 0.3) is 0 Å². The second kappa shape index (κ2) is 7.25. The number of carbonyl (C=O) groups is 2. The van der Waals surface area contributed by atoms with Crippen LogP contribution < -0.4 is 9.47 Å². The summed E-state index contributed by atoms with van der Waals surface area (Å²) >= 11 is 0. The van der Waals surface area contributed by atoms with Gasteiger partial charge >= 0.3 is 0 Å². The number of aldehydes is 2. The minimum absolute atomic E-state index is 0.0243. The highest BCUT2D eigenvalue weighted by atomic mass is 19.1. The molecule has 2 aromatic rings. The van der Waals surface area contributed by atoms with Gasteiger partial charge in [0.2, 0.25) is 0 Å². The smallest absolute Gasteiger partial charge is 0.165 e. The Labute approximate surface area is 167 Å². The standard InChI is InChI=1S/C23H22F2O4/c1-28-21-5-3-13(7-19(21)24)15-9-16(15)18(11-26)23(12-27)10-17(23)14-4-6-22(29-2)20(25)8-14/h3-8,11-12,15-18H,9-10H2,1-2H3. The molecule has 0 spiro atoms. The molecule has 152 valence electrons. The molecule has 29 heavy (non-hydrogen) atoms. The van der Waals surface area contributed by atoms with Gasteiger partial charge in [0.15, 0.2) is 23.1 Å². The van der Waals surface area contributed by atoms with Crippen LogP contribution in [0.5, 0.6) is 11.5 Å². The maximum atomic E-state index is 14.1. The number of hydrogen-bond acceptors (Lipinski definition) is 4. The molecule has 2 aliphatic carbocycles. The number of methoxy groups -OCH3 is 2. The molecule has 0 aliphatic heterocycles. The van der Waals surface area contributed by atoms with E-state index in [2.05, 4.69) is 0 Å². The highest BCUT2D eigenvalue weighted by Gasteiger charge is 2.64. The summed E-state index contributed by atoms with van der Waals surface area (Å²) in [6, 6.07) is 9.45. The van der Waals surface area contributed by atoms with E-state index in [1.165, 1.54) is 32.4 Å². The van der Waals surface area contributed by atoms with E-state index in [0.717, 1.165) is 18.1 Å². The molecule has 5 atom stereocenters. The molecular formula is C23H22F2O4. The van der Waals surface area contributed by atoms with Crippen LogP contribution >= 0.6 is 0 Å². The molecule has 5 unspecified atom stereocenters. The Kier molecular flexibility index (Phi) is 4.89. The van der Waals surface area contributed by atoms with Gasteiger partial charge < -0.3 is 19.1 Å². The molecule has 0 heterocycles. The number of rotatable bonds is 8. The average molecular weight is 400 g/mol. The van der Waals surface area contributed by atoms with Crippen LogP contribution in [0, 0.1) is 28.9 Å². The number of halogens is 2. The van der Waals surface area contributed by atoms with Crippen molar-refractivity contribution >= 4 is 12.6 Å². The van der Waals surface area contributed by atoms with Crippen LogP contribution in [-0.4, -0.2) is 26.8 Å². The number of benzene rings is 2. The van der Waals surface area contributed by atoms with Crippen molar-refractivity contribution in [2.45, 2.75) is 24.7 Å². The summed E-state index contributed by atoms with van der Waals surface area (Å²) in [6.45, 7) is 0. The molecule has 4 nitrogen and oxygen atoms in total. The molecule has 2 aromatic carbocycles. The lowest BCUT2D eigenvalue weighted by Gasteiger charge is -2.19. The van der Waals surface area contributed by atoms with Gasteiger partial charge in [-0.05, 0) is 66.0 Å². The van der Waals surface area contributed by atoms with Crippen molar-refractivity contribution in [3.05, 3.63) is 59.2 Å². The van der Waals surface area contributed by atoms with E-state index in [1.54, 1.807) is 18.2 Å². The third-order valence-corrected chi connectivity index (χ3v) is 6.52. The second-order valence-electron chi connectivity index (χ2n) is 7.94. The molecule has 2 fully saturated rings. The number of hydrogen-bond donors (Lipinski definition) is 0. The molecule has 2 saturated carbocycles. The van der Waals surface area contributed by atoms with Crippen molar-refractivity contribution in [3.63, 3.8) is 0 Å². The van der Waals surface area contributed by atoms with Gasteiger partial charge in [-0.1, -0.05) is 12.1 Å². The molecule has 0 amide bonds. The Morgan fingerprint density at radius 3 is 2.10 bits per heavy atom. The highest BCUT2D eigenvalue weighted by molar-refractivity contribution is 5.76. The molecule has 4 rings (SSSR count). The summed E-state index contributed by atoms with van der Waals surface area (Å²) in [5.74, 6) is -1.31. The lowest BCUT2D eigenvalue weighted by molar-refractivity contribution is -0.121. The molecule has 0 aromatic heterocycles. The van der Waals surface area contributed by atoms with Crippen molar-refractivity contribution in [3.8, 4) is 11.5 Å². The van der Waals surface area contributed by atoms with Crippen molar-refractivity contribution < 1.29 is 27.8 Å². The van der Waals surface area contributed by atoms with Gasteiger partial charge in [0.25, 0.3) is 0 Å². The summed E-state index contributed by atoms with van der Waals surface area (Å²) in [4.78, 5) is 24.0. The van der Waals surface area contributed by atoms with Crippen molar-refractivity contribution in [1.82, 2.24) is 0 Å². The average Bonchev–Trinajstić information content (AvgIpc) is 3.64. The Bertz CT molecular complexity index is 960. The summed E-state index contributed by atoms with van der Waals surface area (Å²) < 4.78 is 38.0. The van der Waals surface area contributed by atoms with Gasteiger partial charge in [0.05, 0.1) is 14.2 Å². The van der Waals surface area contributed by atoms with Gasteiger partial charge in [-0.25, -0.2) is 8.78 Å². The molecule has 6 heteroatoms. The van der Waals surface area contributed by atoms with Crippen LogP contribution in [0.3, 0.4) is 0 Å². The second-order valence-corrected chi connectivity index (χ2v) is 7.94. The van der Waals surface area contributed by atoms with E-state index in [0.29, 0.717) is 18.4 Å². The van der Waals surface area contributed by atoms with Gasteiger partial charge in [0.1, 0.15) is 12.6 Å². The van der Waals surface area contributed by atoms with E-state index in [1.807, 2.05) is 0 Å². The quantitative estimate of drug-likeness (QED) is 0.621. The molecule has 0 bridgehead atoms.